The van der Waals surface area contributed by atoms with E-state index in [0.29, 0.717) is 5.02 Å². The summed E-state index contributed by atoms with van der Waals surface area (Å²) in [6.07, 6.45) is -1.66. The van der Waals surface area contributed by atoms with Crippen molar-refractivity contribution in [1.82, 2.24) is 9.78 Å². The third-order valence-corrected chi connectivity index (χ3v) is 2.63. The van der Waals surface area contributed by atoms with Gasteiger partial charge in [-0.15, -0.1) is 0 Å². The predicted molar refractivity (Wildman–Crippen MR) is 61.5 cm³/mol. The Morgan fingerprint density at radius 3 is 2.56 bits per heavy atom. The van der Waals surface area contributed by atoms with E-state index in [4.69, 9.17) is 17.3 Å². The van der Waals surface area contributed by atoms with Crippen molar-refractivity contribution in [3.05, 3.63) is 46.7 Å². The van der Waals surface area contributed by atoms with E-state index in [1.807, 2.05) is 0 Å². The summed E-state index contributed by atoms with van der Waals surface area (Å²) >= 11 is 5.67. The second-order valence-electron chi connectivity index (χ2n) is 3.65. The first-order chi connectivity index (χ1) is 8.41. The molecule has 0 aliphatic carbocycles. The molecule has 0 fully saturated rings. The number of aromatic nitrogens is 2. The lowest BCUT2D eigenvalue weighted by atomic mass is 10.1. The molecular weight excluding hydrogens is 267 g/mol. The van der Waals surface area contributed by atoms with E-state index in [-0.39, 0.29) is 17.8 Å². The maximum atomic E-state index is 12.8. The van der Waals surface area contributed by atoms with Gasteiger partial charge in [0, 0.05) is 12.7 Å². The molecule has 0 aliphatic heterocycles. The van der Waals surface area contributed by atoms with Gasteiger partial charge in [0.15, 0.2) is 0 Å². The normalized spacial score (nSPS) is 11.8. The van der Waals surface area contributed by atoms with E-state index in [1.54, 1.807) is 0 Å². The number of halogens is 4. The van der Waals surface area contributed by atoms with Crippen molar-refractivity contribution in [3.8, 4) is 5.69 Å². The van der Waals surface area contributed by atoms with Crippen LogP contribution < -0.4 is 5.73 Å². The molecule has 0 saturated heterocycles. The van der Waals surface area contributed by atoms with Crippen LogP contribution in [0.15, 0.2) is 30.6 Å². The third kappa shape index (κ3) is 2.49. The zero-order chi connectivity index (χ0) is 13.3. The third-order valence-electron chi connectivity index (χ3n) is 2.43. The molecule has 96 valence electrons. The molecule has 0 amide bonds. The Morgan fingerprint density at radius 1 is 1.33 bits per heavy atom. The van der Waals surface area contributed by atoms with Gasteiger partial charge in [0.1, 0.15) is 0 Å². The van der Waals surface area contributed by atoms with Crippen LogP contribution in [0.3, 0.4) is 0 Å². The van der Waals surface area contributed by atoms with Gasteiger partial charge in [0.2, 0.25) is 0 Å². The molecule has 2 rings (SSSR count). The number of hydrogen-bond donors (Lipinski definition) is 1. The van der Waals surface area contributed by atoms with Gasteiger partial charge in [-0.05, 0) is 17.7 Å². The molecule has 3 nitrogen and oxygen atoms in total. The number of nitrogens with two attached hydrogens (primary N) is 1. The molecule has 2 N–H and O–H groups in total. The topological polar surface area (TPSA) is 43.8 Å². The quantitative estimate of drug-likeness (QED) is 0.916. The molecule has 18 heavy (non-hydrogen) atoms. The number of nitrogens with zero attached hydrogens (tertiary/aromatic N) is 2. The zero-order valence-corrected chi connectivity index (χ0v) is 9.83. The van der Waals surface area contributed by atoms with E-state index < -0.39 is 11.7 Å². The highest BCUT2D eigenvalue weighted by Gasteiger charge is 2.33. The second kappa shape index (κ2) is 4.62. The van der Waals surface area contributed by atoms with Crippen LogP contribution in [-0.4, -0.2) is 9.78 Å². The van der Waals surface area contributed by atoms with Crippen LogP contribution in [0.25, 0.3) is 5.69 Å². The van der Waals surface area contributed by atoms with Crippen LogP contribution in [0.1, 0.15) is 11.1 Å². The lowest BCUT2D eigenvalue weighted by molar-refractivity contribution is -0.138. The van der Waals surface area contributed by atoms with Gasteiger partial charge in [0.25, 0.3) is 0 Å². The predicted octanol–water partition coefficient (Wildman–Crippen LogP) is 3.00. The van der Waals surface area contributed by atoms with E-state index in [0.717, 1.165) is 6.07 Å². The van der Waals surface area contributed by atoms with Crippen LogP contribution in [0.5, 0.6) is 0 Å². The zero-order valence-electron chi connectivity index (χ0n) is 9.08. The molecule has 1 aromatic heterocycles. The summed E-state index contributed by atoms with van der Waals surface area (Å²) in [5.41, 5.74) is 4.87. The van der Waals surface area contributed by atoms with E-state index in [1.165, 1.54) is 29.2 Å². The fourth-order valence-corrected chi connectivity index (χ4v) is 1.73. The maximum Gasteiger partial charge on any atom is 0.416 e. The summed E-state index contributed by atoms with van der Waals surface area (Å²) in [4.78, 5) is 0. The van der Waals surface area contributed by atoms with Crippen molar-refractivity contribution in [2.45, 2.75) is 12.7 Å². The molecular formula is C11H9ClF3N3. The van der Waals surface area contributed by atoms with Gasteiger partial charge < -0.3 is 5.73 Å². The highest BCUT2D eigenvalue weighted by molar-refractivity contribution is 6.30. The Morgan fingerprint density at radius 2 is 2.06 bits per heavy atom. The first-order valence-corrected chi connectivity index (χ1v) is 5.40. The molecule has 7 heteroatoms. The average Bonchev–Trinajstić information content (AvgIpc) is 2.74. The molecule has 0 aliphatic rings. The molecule has 0 bridgehead atoms. The fourth-order valence-electron chi connectivity index (χ4n) is 1.59. The lowest BCUT2D eigenvalue weighted by Crippen LogP contribution is -2.13. The Kier molecular flexibility index (Phi) is 3.32. The molecule has 2 aromatic rings. The monoisotopic (exact) mass is 275 g/mol. The van der Waals surface area contributed by atoms with Gasteiger partial charge >= 0.3 is 6.18 Å². The number of alkyl halides is 3. The summed E-state index contributed by atoms with van der Waals surface area (Å²) in [6.45, 7) is -0.172. The summed E-state index contributed by atoms with van der Waals surface area (Å²) in [5, 5.41) is 4.20. The van der Waals surface area contributed by atoms with Crippen LogP contribution in [0, 0.1) is 0 Å². The summed E-state index contributed by atoms with van der Waals surface area (Å²) in [5.74, 6) is 0. The molecule has 0 unspecified atom stereocenters. The largest absolute Gasteiger partial charge is 0.416 e. The molecule has 0 radical (unpaired) electrons. The Hall–Kier alpha value is -1.53. The molecule has 0 atom stereocenters. The van der Waals surface area contributed by atoms with E-state index in [9.17, 15) is 13.2 Å². The molecule has 0 spiro atoms. The van der Waals surface area contributed by atoms with Gasteiger partial charge in [-0.2, -0.15) is 18.3 Å². The van der Waals surface area contributed by atoms with Crippen molar-refractivity contribution in [3.63, 3.8) is 0 Å². The van der Waals surface area contributed by atoms with Gasteiger partial charge in [0.05, 0.1) is 22.5 Å². The minimum absolute atomic E-state index is 0.0458. The van der Waals surface area contributed by atoms with Crippen molar-refractivity contribution in [1.29, 1.82) is 0 Å². The molecule has 1 heterocycles. The number of benzene rings is 1. The highest BCUT2D eigenvalue weighted by Crippen LogP contribution is 2.33. The maximum absolute atomic E-state index is 12.8. The summed E-state index contributed by atoms with van der Waals surface area (Å²) in [7, 11) is 0. The highest BCUT2D eigenvalue weighted by atomic mass is 35.5. The second-order valence-corrected chi connectivity index (χ2v) is 4.08. The Labute approximate surface area is 106 Å². The Bertz CT molecular complexity index is 563. The van der Waals surface area contributed by atoms with Crippen molar-refractivity contribution >= 4 is 11.6 Å². The minimum atomic E-state index is -4.44. The van der Waals surface area contributed by atoms with Crippen LogP contribution in [-0.2, 0) is 12.7 Å². The van der Waals surface area contributed by atoms with Crippen molar-refractivity contribution in [2.24, 2.45) is 5.73 Å². The van der Waals surface area contributed by atoms with Crippen molar-refractivity contribution < 1.29 is 13.2 Å². The first kappa shape index (κ1) is 12.9. The summed E-state index contributed by atoms with van der Waals surface area (Å²) < 4.78 is 39.8. The standard InChI is InChI=1S/C11H9ClF3N3/c12-8-5-17-18(6-8)9-2-1-7(4-16)10(3-9)11(13,14)15/h1-3,5-6H,4,16H2. The molecule has 1 aromatic carbocycles. The van der Waals surface area contributed by atoms with Gasteiger partial charge in [-0.3, -0.25) is 0 Å². The van der Waals surface area contributed by atoms with E-state index in [2.05, 4.69) is 5.10 Å². The number of hydrogen-bond acceptors (Lipinski definition) is 2. The Balaban J connectivity index is 2.52. The van der Waals surface area contributed by atoms with E-state index >= 15 is 0 Å². The lowest BCUT2D eigenvalue weighted by Gasteiger charge is -2.13. The first-order valence-electron chi connectivity index (χ1n) is 5.02. The average molecular weight is 276 g/mol. The van der Waals surface area contributed by atoms with Crippen LogP contribution in [0.4, 0.5) is 13.2 Å². The summed E-state index contributed by atoms with van der Waals surface area (Å²) in [6, 6.07) is 3.86. The SMILES string of the molecule is NCc1ccc(-n2cc(Cl)cn2)cc1C(F)(F)F. The van der Waals surface area contributed by atoms with Crippen molar-refractivity contribution in [2.75, 3.05) is 0 Å². The van der Waals surface area contributed by atoms with Crippen LogP contribution in [0.2, 0.25) is 5.02 Å². The number of rotatable bonds is 2. The van der Waals surface area contributed by atoms with Crippen LogP contribution >= 0.6 is 11.6 Å². The smallest absolute Gasteiger partial charge is 0.326 e. The molecule has 0 saturated carbocycles. The minimum Gasteiger partial charge on any atom is -0.326 e. The van der Waals surface area contributed by atoms with Gasteiger partial charge in [-0.1, -0.05) is 17.7 Å². The fraction of sp³-hybridized carbons (Fsp3) is 0.182. The van der Waals surface area contributed by atoms with Gasteiger partial charge in [-0.25, -0.2) is 4.68 Å².